The number of phenolic OH excluding ortho intramolecular Hbond substituents is 1. The van der Waals surface area contributed by atoms with Crippen molar-refractivity contribution in [2.24, 2.45) is 17.8 Å². The molecule has 2 aliphatic rings. The van der Waals surface area contributed by atoms with Crippen LogP contribution in [0.25, 0.3) is 17.3 Å². The van der Waals surface area contributed by atoms with Crippen LogP contribution < -0.4 is 0 Å². The summed E-state index contributed by atoms with van der Waals surface area (Å²) >= 11 is 0. The number of rotatable bonds is 6. The molecule has 2 unspecified atom stereocenters. The smallest absolute Gasteiger partial charge is 0.328 e. The first-order chi connectivity index (χ1) is 14.1. The van der Waals surface area contributed by atoms with E-state index < -0.39 is 5.97 Å². The van der Waals surface area contributed by atoms with Crippen molar-refractivity contribution in [2.45, 2.75) is 51.4 Å². The maximum absolute atomic E-state index is 10.6. The zero-order chi connectivity index (χ0) is 20.2. The van der Waals surface area contributed by atoms with Crippen molar-refractivity contribution in [1.29, 1.82) is 0 Å². The third kappa shape index (κ3) is 5.03. The fourth-order valence-corrected chi connectivity index (χ4v) is 5.15. The summed E-state index contributed by atoms with van der Waals surface area (Å²) in [5.41, 5.74) is 3.10. The van der Waals surface area contributed by atoms with Gasteiger partial charge in [0.25, 0.3) is 0 Å². The van der Waals surface area contributed by atoms with Gasteiger partial charge in [-0.15, -0.1) is 5.10 Å². The second-order valence-electron chi connectivity index (χ2n) is 8.63. The van der Waals surface area contributed by atoms with E-state index in [2.05, 4.69) is 10.2 Å². The molecule has 0 saturated heterocycles. The third-order valence-electron chi connectivity index (χ3n) is 6.50. The molecule has 1 aromatic carbocycles. The van der Waals surface area contributed by atoms with Gasteiger partial charge in [0.1, 0.15) is 5.75 Å². The van der Waals surface area contributed by atoms with E-state index in [-0.39, 0.29) is 0 Å². The van der Waals surface area contributed by atoms with Crippen LogP contribution in [0.2, 0.25) is 0 Å². The first kappa shape index (κ1) is 19.6. The zero-order valence-corrected chi connectivity index (χ0v) is 16.6. The van der Waals surface area contributed by atoms with E-state index in [4.69, 9.17) is 5.11 Å². The maximum atomic E-state index is 10.6. The van der Waals surface area contributed by atoms with Gasteiger partial charge >= 0.3 is 5.97 Å². The Hall–Kier alpha value is -2.69. The highest BCUT2D eigenvalue weighted by Crippen LogP contribution is 2.44. The molecule has 2 aliphatic carbocycles. The van der Waals surface area contributed by atoms with E-state index in [1.807, 2.05) is 18.2 Å². The summed E-state index contributed by atoms with van der Waals surface area (Å²) < 4.78 is 0. The Balaban J connectivity index is 1.43. The van der Waals surface area contributed by atoms with E-state index in [0.717, 1.165) is 47.8 Å². The van der Waals surface area contributed by atoms with Crippen LogP contribution in [0.4, 0.5) is 0 Å². The topological polar surface area (TPSA) is 83.3 Å². The molecule has 1 heterocycles. The maximum Gasteiger partial charge on any atom is 0.328 e. The largest absolute Gasteiger partial charge is 0.508 e. The number of aromatic nitrogens is 2. The Morgan fingerprint density at radius 1 is 1.07 bits per heavy atom. The van der Waals surface area contributed by atoms with Gasteiger partial charge in [0, 0.05) is 11.6 Å². The van der Waals surface area contributed by atoms with Gasteiger partial charge in [-0.25, -0.2) is 4.79 Å². The summed E-state index contributed by atoms with van der Waals surface area (Å²) in [5.74, 6) is 1.97. The standard InChI is InChI=1S/C24H28N2O3/c27-23-10-6-19(22-9-7-21(25-26-22)8-11-24(28)29)15-20(23)5-4-18-13-16-2-1-3-17(12-16)14-18/h6-11,15-18,27H,1-5,12-14H2,(H,28,29). The van der Waals surface area contributed by atoms with Crippen molar-refractivity contribution in [3.63, 3.8) is 0 Å². The molecule has 2 N–H and O–H groups in total. The minimum atomic E-state index is -1.01. The Morgan fingerprint density at radius 3 is 2.55 bits per heavy atom. The van der Waals surface area contributed by atoms with E-state index in [0.29, 0.717) is 17.1 Å². The summed E-state index contributed by atoms with van der Waals surface area (Å²) in [6.07, 6.45) is 12.9. The highest BCUT2D eigenvalue weighted by molar-refractivity contribution is 5.84. The van der Waals surface area contributed by atoms with Crippen molar-refractivity contribution < 1.29 is 15.0 Å². The summed E-state index contributed by atoms with van der Waals surface area (Å²) in [7, 11) is 0. The number of hydrogen-bond donors (Lipinski definition) is 2. The molecule has 0 amide bonds. The van der Waals surface area contributed by atoms with Crippen molar-refractivity contribution in [3.05, 3.63) is 47.7 Å². The summed E-state index contributed by atoms with van der Waals surface area (Å²) in [6.45, 7) is 0. The molecular weight excluding hydrogens is 364 g/mol. The SMILES string of the molecule is O=C(O)C=Cc1ccc(-c2ccc(O)c(CCC3CC4CCCC(C4)C3)c2)nn1. The molecule has 0 radical (unpaired) electrons. The van der Waals surface area contributed by atoms with Crippen molar-refractivity contribution in [3.8, 4) is 17.0 Å². The lowest BCUT2D eigenvalue weighted by molar-refractivity contribution is -0.131. The Labute approximate surface area is 171 Å². The predicted molar refractivity (Wildman–Crippen MR) is 112 cm³/mol. The highest BCUT2D eigenvalue weighted by Gasteiger charge is 2.31. The number of aromatic hydroxyl groups is 1. The lowest BCUT2D eigenvalue weighted by Gasteiger charge is -2.39. The first-order valence-electron chi connectivity index (χ1n) is 10.6. The number of aryl methyl sites for hydroxylation is 1. The van der Waals surface area contributed by atoms with Crippen LogP contribution in [-0.2, 0) is 11.2 Å². The molecule has 1 aromatic heterocycles. The number of benzene rings is 1. The van der Waals surface area contributed by atoms with Crippen LogP contribution in [-0.4, -0.2) is 26.4 Å². The molecule has 152 valence electrons. The molecule has 29 heavy (non-hydrogen) atoms. The summed E-state index contributed by atoms with van der Waals surface area (Å²) in [4.78, 5) is 10.6. The number of carbonyl (C=O) groups is 1. The Kier molecular flexibility index (Phi) is 5.93. The molecule has 2 bridgehead atoms. The number of carboxylic acids is 1. The van der Waals surface area contributed by atoms with Gasteiger partial charge in [0.15, 0.2) is 0 Å². The van der Waals surface area contributed by atoms with Crippen LogP contribution in [0.3, 0.4) is 0 Å². The first-order valence-corrected chi connectivity index (χ1v) is 10.6. The Bertz CT molecular complexity index is 879. The van der Waals surface area contributed by atoms with Crippen LogP contribution in [0.1, 0.15) is 56.2 Å². The van der Waals surface area contributed by atoms with E-state index in [9.17, 15) is 9.90 Å². The number of hydrogen-bond acceptors (Lipinski definition) is 4. The number of fused-ring (bicyclic) bond motifs is 2. The van der Waals surface area contributed by atoms with Crippen LogP contribution >= 0.6 is 0 Å². The average Bonchev–Trinajstić information content (AvgIpc) is 2.72. The van der Waals surface area contributed by atoms with Crippen LogP contribution in [0, 0.1) is 17.8 Å². The minimum Gasteiger partial charge on any atom is -0.508 e. The summed E-state index contributed by atoms with van der Waals surface area (Å²) in [5, 5.41) is 27.3. The second-order valence-corrected chi connectivity index (χ2v) is 8.63. The van der Waals surface area contributed by atoms with E-state index in [1.54, 1.807) is 12.1 Å². The molecule has 2 saturated carbocycles. The average molecular weight is 392 g/mol. The fraction of sp³-hybridized carbons (Fsp3) is 0.458. The van der Waals surface area contributed by atoms with Crippen molar-refractivity contribution in [2.75, 3.05) is 0 Å². The molecule has 0 aliphatic heterocycles. The van der Waals surface area contributed by atoms with Gasteiger partial charge in [0.05, 0.1) is 11.4 Å². The second kappa shape index (κ2) is 8.76. The van der Waals surface area contributed by atoms with Gasteiger partial charge in [0.2, 0.25) is 0 Å². The lowest BCUT2D eigenvalue weighted by atomic mass is 9.67. The van der Waals surface area contributed by atoms with Crippen molar-refractivity contribution >= 4 is 12.0 Å². The lowest BCUT2D eigenvalue weighted by Crippen LogP contribution is -2.27. The number of nitrogens with zero attached hydrogens (tertiary/aromatic N) is 2. The van der Waals surface area contributed by atoms with Gasteiger partial charge in [-0.1, -0.05) is 19.3 Å². The molecule has 5 nitrogen and oxygen atoms in total. The zero-order valence-electron chi connectivity index (χ0n) is 16.6. The minimum absolute atomic E-state index is 0.346. The predicted octanol–water partition coefficient (Wildman–Crippen LogP) is 5.10. The van der Waals surface area contributed by atoms with E-state index in [1.165, 1.54) is 44.6 Å². The third-order valence-corrected chi connectivity index (χ3v) is 6.50. The quantitative estimate of drug-likeness (QED) is 0.669. The highest BCUT2D eigenvalue weighted by atomic mass is 16.4. The van der Waals surface area contributed by atoms with E-state index >= 15 is 0 Å². The van der Waals surface area contributed by atoms with Gasteiger partial charge in [-0.05, 0) is 91.8 Å². The van der Waals surface area contributed by atoms with Gasteiger partial charge in [-0.2, -0.15) is 5.10 Å². The van der Waals surface area contributed by atoms with Gasteiger partial charge < -0.3 is 10.2 Å². The molecular formula is C24H28N2O3. The number of phenols is 1. The molecule has 5 heteroatoms. The normalized spacial score (nSPS) is 23.9. The summed E-state index contributed by atoms with van der Waals surface area (Å²) in [6, 6.07) is 9.17. The molecule has 2 aromatic rings. The fourth-order valence-electron chi connectivity index (χ4n) is 5.15. The number of carboxylic acid groups (broad SMARTS) is 1. The molecule has 4 rings (SSSR count). The van der Waals surface area contributed by atoms with Crippen LogP contribution in [0.5, 0.6) is 5.75 Å². The van der Waals surface area contributed by atoms with Crippen molar-refractivity contribution in [1.82, 2.24) is 10.2 Å². The molecule has 0 spiro atoms. The Morgan fingerprint density at radius 2 is 1.86 bits per heavy atom. The molecule has 2 atom stereocenters. The van der Waals surface area contributed by atoms with Crippen LogP contribution in [0.15, 0.2) is 36.4 Å². The molecule has 2 fully saturated rings. The van der Waals surface area contributed by atoms with Gasteiger partial charge in [-0.3, -0.25) is 0 Å². The monoisotopic (exact) mass is 392 g/mol. The number of aliphatic carboxylic acids is 1.